The number of aromatic nitrogens is 1. The third-order valence-electron chi connectivity index (χ3n) is 5.00. The standard InChI is InChI=1S/C22H26ClN3O/c1-15-16(2)26(14-17-5-8-19(23)9-6-17)21-10-7-18(13-20(15)21)22(27)24-11-12-25(3)4/h5-10,13H,11-12,14H2,1-4H3,(H,24,27). The van der Waals surface area contributed by atoms with E-state index in [4.69, 9.17) is 11.6 Å². The van der Waals surface area contributed by atoms with Crippen molar-refractivity contribution in [2.45, 2.75) is 20.4 Å². The summed E-state index contributed by atoms with van der Waals surface area (Å²) in [6.45, 7) is 6.48. The fraction of sp³-hybridized carbons (Fsp3) is 0.318. The van der Waals surface area contributed by atoms with E-state index in [1.54, 1.807) is 0 Å². The second kappa shape index (κ2) is 8.15. The number of rotatable bonds is 6. The maximum absolute atomic E-state index is 12.4. The van der Waals surface area contributed by atoms with Crippen LogP contribution in [0.3, 0.4) is 0 Å². The van der Waals surface area contributed by atoms with Crippen molar-refractivity contribution in [2.75, 3.05) is 27.2 Å². The molecule has 0 radical (unpaired) electrons. The molecule has 0 bridgehead atoms. The van der Waals surface area contributed by atoms with Gasteiger partial charge in [0.15, 0.2) is 0 Å². The average Bonchev–Trinajstić information content (AvgIpc) is 2.87. The topological polar surface area (TPSA) is 37.3 Å². The van der Waals surface area contributed by atoms with Gasteiger partial charge in [-0.3, -0.25) is 4.79 Å². The number of carbonyl (C=O) groups excluding carboxylic acids is 1. The van der Waals surface area contributed by atoms with Crippen molar-refractivity contribution in [2.24, 2.45) is 0 Å². The summed E-state index contributed by atoms with van der Waals surface area (Å²) in [5, 5.41) is 4.85. The van der Waals surface area contributed by atoms with Crippen LogP contribution in [-0.2, 0) is 6.54 Å². The summed E-state index contributed by atoms with van der Waals surface area (Å²) >= 11 is 6.00. The minimum Gasteiger partial charge on any atom is -0.351 e. The Labute approximate surface area is 165 Å². The quantitative estimate of drug-likeness (QED) is 0.690. The lowest BCUT2D eigenvalue weighted by molar-refractivity contribution is 0.0951. The van der Waals surface area contributed by atoms with E-state index in [2.05, 4.69) is 35.9 Å². The number of fused-ring (bicyclic) bond motifs is 1. The van der Waals surface area contributed by atoms with Crippen LogP contribution in [-0.4, -0.2) is 42.6 Å². The van der Waals surface area contributed by atoms with Gasteiger partial charge in [-0.2, -0.15) is 0 Å². The zero-order valence-corrected chi connectivity index (χ0v) is 17.1. The molecule has 0 aliphatic heterocycles. The molecule has 0 aliphatic rings. The van der Waals surface area contributed by atoms with Crippen LogP contribution < -0.4 is 5.32 Å². The number of amides is 1. The lowest BCUT2D eigenvalue weighted by Gasteiger charge is -2.11. The van der Waals surface area contributed by atoms with Crippen molar-refractivity contribution in [3.05, 3.63) is 69.9 Å². The predicted octanol–water partition coefficient (Wildman–Crippen LogP) is 4.25. The van der Waals surface area contributed by atoms with E-state index in [1.807, 2.05) is 49.3 Å². The number of hydrogen-bond acceptors (Lipinski definition) is 2. The Kier molecular flexibility index (Phi) is 5.88. The van der Waals surface area contributed by atoms with E-state index >= 15 is 0 Å². The van der Waals surface area contributed by atoms with Gasteiger partial charge in [0.2, 0.25) is 0 Å². The van der Waals surface area contributed by atoms with Gasteiger partial charge in [-0.15, -0.1) is 0 Å². The number of carbonyl (C=O) groups is 1. The minimum absolute atomic E-state index is 0.0266. The summed E-state index contributed by atoms with van der Waals surface area (Å²) in [5.41, 5.74) is 5.47. The molecular formula is C22H26ClN3O. The lowest BCUT2D eigenvalue weighted by atomic mass is 10.1. The molecule has 1 amide bonds. The normalized spacial score (nSPS) is 11.3. The summed E-state index contributed by atoms with van der Waals surface area (Å²) < 4.78 is 2.29. The third-order valence-corrected chi connectivity index (χ3v) is 5.25. The monoisotopic (exact) mass is 383 g/mol. The number of halogens is 1. The first kappa shape index (κ1) is 19.5. The Morgan fingerprint density at radius 1 is 1.11 bits per heavy atom. The summed E-state index contributed by atoms with van der Waals surface area (Å²) in [6.07, 6.45) is 0. The van der Waals surface area contributed by atoms with Crippen LogP contribution in [0.5, 0.6) is 0 Å². The van der Waals surface area contributed by atoms with Gasteiger partial charge >= 0.3 is 0 Å². The van der Waals surface area contributed by atoms with E-state index < -0.39 is 0 Å². The van der Waals surface area contributed by atoms with E-state index in [0.29, 0.717) is 12.1 Å². The molecule has 1 aromatic heterocycles. The molecule has 1 heterocycles. The first-order valence-corrected chi connectivity index (χ1v) is 9.51. The van der Waals surface area contributed by atoms with Gasteiger partial charge in [0.1, 0.15) is 0 Å². The molecule has 0 fully saturated rings. The van der Waals surface area contributed by atoms with E-state index in [0.717, 1.165) is 29.0 Å². The van der Waals surface area contributed by atoms with Gasteiger partial charge in [0.25, 0.3) is 5.91 Å². The van der Waals surface area contributed by atoms with Crippen molar-refractivity contribution in [1.29, 1.82) is 0 Å². The van der Waals surface area contributed by atoms with Crippen LogP contribution in [0, 0.1) is 13.8 Å². The highest BCUT2D eigenvalue weighted by molar-refractivity contribution is 6.30. The molecule has 0 aliphatic carbocycles. The highest BCUT2D eigenvalue weighted by Gasteiger charge is 2.14. The van der Waals surface area contributed by atoms with Crippen LogP contribution in [0.2, 0.25) is 5.02 Å². The average molecular weight is 384 g/mol. The summed E-state index contributed by atoms with van der Waals surface area (Å²) in [7, 11) is 3.99. The van der Waals surface area contributed by atoms with E-state index in [-0.39, 0.29) is 5.91 Å². The van der Waals surface area contributed by atoms with Crippen LogP contribution in [0.15, 0.2) is 42.5 Å². The zero-order chi connectivity index (χ0) is 19.6. The van der Waals surface area contributed by atoms with Crippen molar-refractivity contribution in [3.8, 4) is 0 Å². The lowest BCUT2D eigenvalue weighted by Crippen LogP contribution is -2.31. The van der Waals surface area contributed by atoms with Crippen molar-refractivity contribution in [1.82, 2.24) is 14.8 Å². The molecule has 0 unspecified atom stereocenters. The molecule has 0 saturated heterocycles. The molecule has 2 aromatic carbocycles. The Morgan fingerprint density at radius 2 is 1.81 bits per heavy atom. The molecule has 3 rings (SSSR count). The fourth-order valence-corrected chi connectivity index (χ4v) is 3.39. The second-order valence-corrected chi connectivity index (χ2v) is 7.65. The molecule has 3 aromatic rings. The molecule has 5 heteroatoms. The van der Waals surface area contributed by atoms with Crippen LogP contribution in [0.25, 0.3) is 10.9 Å². The minimum atomic E-state index is -0.0266. The molecule has 4 nitrogen and oxygen atoms in total. The number of hydrogen-bond donors (Lipinski definition) is 1. The van der Waals surface area contributed by atoms with Crippen LogP contribution in [0.4, 0.5) is 0 Å². The zero-order valence-electron chi connectivity index (χ0n) is 16.3. The van der Waals surface area contributed by atoms with Crippen molar-refractivity contribution in [3.63, 3.8) is 0 Å². The predicted molar refractivity (Wildman–Crippen MR) is 113 cm³/mol. The first-order chi connectivity index (χ1) is 12.9. The highest BCUT2D eigenvalue weighted by atomic mass is 35.5. The largest absolute Gasteiger partial charge is 0.351 e. The molecular weight excluding hydrogens is 358 g/mol. The number of likely N-dealkylation sites (N-methyl/N-ethyl adjacent to an activating group) is 1. The smallest absolute Gasteiger partial charge is 0.251 e. The maximum atomic E-state index is 12.4. The molecule has 0 atom stereocenters. The molecule has 27 heavy (non-hydrogen) atoms. The van der Waals surface area contributed by atoms with Gasteiger partial charge < -0.3 is 14.8 Å². The van der Waals surface area contributed by atoms with Gasteiger partial charge in [-0.1, -0.05) is 23.7 Å². The molecule has 1 N–H and O–H groups in total. The summed E-state index contributed by atoms with van der Waals surface area (Å²) in [4.78, 5) is 14.5. The highest BCUT2D eigenvalue weighted by Crippen LogP contribution is 2.27. The number of benzene rings is 2. The molecule has 142 valence electrons. The van der Waals surface area contributed by atoms with E-state index in [9.17, 15) is 4.79 Å². The fourth-order valence-electron chi connectivity index (χ4n) is 3.26. The number of nitrogens with one attached hydrogen (secondary N) is 1. The van der Waals surface area contributed by atoms with Crippen LogP contribution in [0.1, 0.15) is 27.2 Å². The van der Waals surface area contributed by atoms with Crippen LogP contribution >= 0.6 is 11.6 Å². The molecule has 0 saturated carbocycles. The van der Waals surface area contributed by atoms with Gasteiger partial charge in [-0.25, -0.2) is 0 Å². The van der Waals surface area contributed by atoms with Crippen molar-refractivity contribution >= 4 is 28.4 Å². The van der Waals surface area contributed by atoms with E-state index in [1.165, 1.54) is 16.8 Å². The summed E-state index contributed by atoms with van der Waals surface area (Å²) in [5.74, 6) is -0.0266. The maximum Gasteiger partial charge on any atom is 0.251 e. The SMILES string of the molecule is Cc1c(C)n(Cc2ccc(Cl)cc2)c2ccc(C(=O)NCCN(C)C)cc12. The Balaban J connectivity index is 1.88. The Hall–Kier alpha value is -2.30. The summed E-state index contributed by atoms with van der Waals surface area (Å²) in [6, 6.07) is 13.9. The Morgan fingerprint density at radius 3 is 2.48 bits per heavy atom. The van der Waals surface area contributed by atoms with Gasteiger partial charge in [0.05, 0.1) is 0 Å². The van der Waals surface area contributed by atoms with Gasteiger partial charge in [-0.05, 0) is 69.4 Å². The van der Waals surface area contributed by atoms with Crippen molar-refractivity contribution < 1.29 is 4.79 Å². The Bertz CT molecular complexity index is 958. The first-order valence-electron chi connectivity index (χ1n) is 9.13. The number of nitrogens with zero attached hydrogens (tertiary/aromatic N) is 2. The second-order valence-electron chi connectivity index (χ2n) is 7.21. The van der Waals surface area contributed by atoms with Gasteiger partial charge in [0, 0.05) is 46.8 Å². The molecule has 0 spiro atoms. The third kappa shape index (κ3) is 4.34. The number of aryl methyl sites for hydroxylation is 1.